The maximum Gasteiger partial charge on any atom is 0.326 e. The number of carboxylic acids is 1. The first kappa shape index (κ1) is 27.1. The number of aliphatic carboxylic acids is 1. The van der Waals surface area contributed by atoms with Crippen LogP contribution in [0.15, 0.2) is 30.3 Å². The second-order valence-corrected chi connectivity index (χ2v) is 7.99. The van der Waals surface area contributed by atoms with E-state index in [9.17, 15) is 24.3 Å². The predicted molar refractivity (Wildman–Crippen MR) is 120 cm³/mol. The molecule has 3 unspecified atom stereocenters. The summed E-state index contributed by atoms with van der Waals surface area (Å²) in [5.74, 6) is -3.12. The van der Waals surface area contributed by atoms with E-state index in [2.05, 4.69) is 16.0 Å². The highest BCUT2D eigenvalue weighted by Crippen LogP contribution is 2.07. The van der Waals surface area contributed by atoms with Gasteiger partial charge < -0.3 is 32.5 Å². The van der Waals surface area contributed by atoms with Crippen LogP contribution in [0.4, 0.5) is 0 Å². The van der Waals surface area contributed by atoms with Gasteiger partial charge in [0.25, 0.3) is 0 Å². The van der Waals surface area contributed by atoms with Gasteiger partial charge in [0.2, 0.25) is 17.7 Å². The van der Waals surface area contributed by atoms with E-state index in [-0.39, 0.29) is 18.9 Å². The summed E-state index contributed by atoms with van der Waals surface area (Å²) in [6, 6.07) is 6.07. The fourth-order valence-corrected chi connectivity index (χ4v) is 3.01. The zero-order chi connectivity index (χ0) is 24.1. The Kier molecular flexibility index (Phi) is 12.0. The Morgan fingerprint density at radius 2 is 1.66 bits per heavy atom. The fraction of sp³-hybridized carbons (Fsp3) is 0.545. The maximum absolute atomic E-state index is 12.7. The molecule has 1 aromatic carbocycles. The van der Waals surface area contributed by atoms with Crippen molar-refractivity contribution in [2.24, 2.45) is 17.4 Å². The van der Waals surface area contributed by atoms with Crippen LogP contribution in [0.3, 0.4) is 0 Å². The van der Waals surface area contributed by atoms with Gasteiger partial charge in [0.1, 0.15) is 12.1 Å². The summed E-state index contributed by atoms with van der Waals surface area (Å²) < 4.78 is 0. The first-order valence-electron chi connectivity index (χ1n) is 10.8. The van der Waals surface area contributed by atoms with Crippen LogP contribution in [0.1, 0.15) is 38.7 Å². The minimum atomic E-state index is -1.17. The van der Waals surface area contributed by atoms with Crippen molar-refractivity contribution >= 4 is 23.7 Å². The monoisotopic (exact) mass is 449 g/mol. The zero-order valence-corrected chi connectivity index (χ0v) is 18.7. The quantitative estimate of drug-likeness (QED) is 0.208. The van der Waals surface area contributed by atoms with E-state index in [1.807, 2.05) is 6.07 Å². The molecule has 32 heavy (non-hydrogen) atoms. The van der Waals surface area contributed by atoms with Crippen molar-refractivity contribution < 1.29 is 24.3 Å². The Morgan fingerprint density at radius 1 is 1.00 bits per heavy atom. The summed E-state index contributed by atoms with van der Waals surface area (Å²) in [6.07, 6.45) is 2.04. The molecular weight excluding hydrogens is 414 g/mol. The molecule has 1 rings (SSSR count). The van der Waals surface area contributed by atoms with E-state index in [0.717, 1.165) is 12.0 Å². The van der Waals surface area contributed by atoms with Crippen molar-refractivity contribution in [1.29, 1.82) is 0 Å². The largest absolute Gasteiger partial charge is 0.480 e. The van der Waals surface area contributed by atoms with Crippen LogP contribution in [-0.4, -0.2) is 60.0 Å². The van der Waals surface area contributed by atoms with Gasteiger partial charge in [-0.05, 0) is 30.9 Å². The number of carboxylic acid groups (broad SMARTS) is 1. The number of unbranched alkanes of at least 4 members (excludes halogenated alkanes) is 1. The van der Waals surface area contributed by atoms with Crippen LogP contribution in [0, 0.1) is 5.92 Å². The van der Waals surface area contributed by atoms with Crippen molar-refractivity contribution in [1.82, 2.24) is 16.0 Å². The van der Waals surface area contributed by atoms with Gasteiger partial charge >= 0.3 is 5.97 Å². The van der Waals surface area contributed by atoms with Crippen molar-refractivity contribution in [3.05, 3.63) is 35.9 Å². The minimum absolute atomic E-state index is 0.110. The van der Waals surface area contributed by atoms with E-state index in [1.165, 1.54) is 0 Å². The second-order valence-electron chi connectivity index (χ2n) is 7.99. The summed E-state index contributed by atoms with van der Waals surface area (Å²) in [5.41, 5.74) is 12.0. The van der Waals surface area contributed by atoms with E-state index in [0.29, 0.717) is 19.4 Å². The molecule has 3 atom stereocenters. The maximum atomic E-state index is 12.7. The van der Waals surface area contributed by atoms with Gasteiger partial charge in [-0.25, -0.2) is 4.79 Å². The molecule has 8 N–H and O–H groups in total. The molecule has 0 aliphatic heterocycles. The standard InChI is InChI=1S/C22H35N5O5/c1-14(2)19(27-18(28)13-25-20(29)16(24)10-6-7-11-23)21(30)26-17(22(31)32)12-15-8-4-3-5-9-15/h3-5,8-9,14,16-17,19H,6-7,10-13,23-24H2,1-2H3,(H,25,29)(H,26,30)(H,27,28)(H,31,32). The lowest BCUT2D eigenvalue weighted by Gasteiger charge is -2.24. The van der Waals surface area contributed by atoms with Gasteiger partial charge in [-0.3, -0.25) is 14.4 Å². The number of nitrogens with one attached hydrogen (secondary N) is 3. The molecule has 0 aliphatic rings. The average Bonchev–Trinajstić information content (AvgIpc) is 2.75. The van der Waals surface area contributed by atoms with Gasteiger partial charge in [-0.15, -0.1) is 0 Å². The van der Waals surface area contributed by atoms with Crippen LogP contribution in [-0.2, 0) is 25.6 Å². The summed E-state index contributed by atoms with van der Waals surface area (Å²) in [7, 11) is 0. The smallest absolute Gasteiger partial charge is 0.326 e. The van der Waals surface area contributed by atoms with Crippen LogP contribution < -0.4 is 27.4 Å². The van der Waals surface area contributed by atoms with Gasteiger partial charge in [-0.2, -0.15) is 0 Å². The van der Waals surface area contributed by atoms with Gasteiger partial charge in [0, 0.05) is 6.42 Å². The summed E-state index contributed by atoms with van der Waals surface area (Å²) in [4.78, 5) is 48.6. The molecule has 0 bridgehead atoms. The molecule has 0 aromatic heterocycles. The highest BCUT2D eigenvalue weighted by molar-refractivity contribution is 5.92. The summed E-state index contributed by atoms with van der Waals surface area (Å²) in [5, 5.41) is 17.0. The van der Waals surface area contributed by atoms with E-state index < -0.39 is 41.8 Å². The molecule has 10 heteroatoms. The number of hydrogen-bond donors (Lipinski definition) is 6. The van der Waals surface area contributed by atoms with E-state index in [4.69, 9.17) is 11.5 Å². The molecule has 0 aliphatic carbocycles. The van der Waals surface area contributed by atoms with Crippen LogP contribution >= 0.6 is 0 Å². The number of hydrogen-bond acceptors (Lipinski definition) is 6. The topological polar surface area (TPSA) is 177 Å². The van der Waals surface area contributed by atoms with Crippen LogP contribution in [0.2, 0.25) is 0 Å². The third-order valence-corrected chi connectivity index (χ3v) is 4.89. The van der Waals surface area contributed by atoms with Gasteiger partial charge in [-0.1, -0.05) is 50.6 Å². The Labute approximate surface area is 188 Å². The highest BCUT2D eigenvalue weighted by Gasteiger charge is 2.29. The predicted octanol–water partition coefficient (Wildman–Crippen LogP) is -0.488. The van der Waals surface area contributed by atoms with Crippen LogP contribution in [0.5, 0.6) is 0 Å². The molecule has 10 nitrogen and oxygen atoms in total. The number of benzene rings is 1. The van der Waals surface area contributed by atoms with Crippen molar-refractivity contribution in [3.63, 3.8) is 0 Å². The number of carbonyl (C=O) groups is 4. The molecular formula is C22H35N5O5. The lowest BCUT2D eigenvalue weighted by molar-refractivity contribution is -0.142. The molecule has 1 aromatic rings. The Bertz CT molecular complexity index is 756. The number of amides is 3. The molecule has 0 fully saturated rings. The molecule has 0 heterocycles. The molecule has 0 spiro atoms. The van der Waals surface area contributed by atoms with Crippen LogP contribution in [0.25, 0.3) is 0 Å². The van der Waals surface area contributed by atoms with Gasteiger partial charge in [0.05, 0.1) is 12.6 Å². The third-order valence-electron chi connectivity index (χ3n) is 4.89. The molecule has 0 radical (unpaired) electrons. The van der Waals surface area contributed by atoms with Gasteiger partial charge in [0.15, 0.2) is 0 Å². The number of rotatable bonds is 14. The van der Waals surface area contributed by atoms with Crippen molar-refractivity contribution in [2.45, 2.75) is 57.7 Å². The molecule has 0 saturated heterocycles. The van der Waals surface area contributed by atoms with E-state index >= 15 is 0 Å². The molecule has 3 amide bonds. The van der Waals surface area contributed by atoms with Crippen molar-refractivity contribution in [3.8, 4) is 0 Å². The first-order valence-corrected chi connectivity index (χ1v) is 10.8. The normalized spacial score (nSPS) is 13.7. The summed E-state index contributed by atoms with van der Waals surface area (Å²) in [6.45, 7) is 3.63. The average molecular weight is 450 g/mol. The number of carbonyl (C=O) groups excluding carboxylic acids is 3. The third kappa shape index (κ3) is 9.88. The Balaban J connectivity index is 2.63. The SMILES string of the molecule is CC(C)C(NC(=O)CNC(=O)C(N)CCCCN)C(=O)NC(Cc1ccccc1)C(=O)O. The lowest BCUT2D eigenvalue weighted by Crippen LogP contribution is -2.55. The highest BCUT2D eigenvalue weighted by atomic mass is 16.4. The molecule has 178 valence electrons. The molecule has 0 saturated carbocycles. The second kappa shape index (κ2) is 14.2. The number of nitrogens with two attached hydrogens (primary N) is 2. The Hall–Kier alpha value is -2.98. The van der Waals surface area contributed by atoms with E-state index in [1.54, 1.807) is 38.1 Å². The lowest BCUT2D eigenvalue weighted by atomic mass is 10.0. The Morgan fingerprint density at radius 3 is 2.22 bits per heavy atom. The summed E-state index contributed by atoms with van der Waals surface area (Å²) >= 11 is 0. The minimum Gasteiger partial charge on any atom is -0.480 e. The van der Waals surface area contributed by atoms with Crippen molar-refractivity contribution in [2.75, 3.05) is 13.1 Å². The fourth-order valence-electron chi connectivity index (χ4n) is 3.01. The zero-order valence-electron chi connectivity index (χ0n) is 18.7. The first-order chi connectivity index (χ1) is 15.1.